The number of rotatable bonds is 3. The maximum absolute atomic E-state index is 12.4. The molecule has 23 heavy (non-hydrogen) atoms. The van der Waals surface area contributed by atoms with Crippen LogP contribution in [0.3, 0.4) is 0 Å². The van der Waals surface area contributed by atoms with Crippen molar-refractivity contribution in [1.82, 2.24) is 4.98 Å². The Kier molecular flexibility index (Phi) is 5.00. The molecule has 0 saturated carbocycles. The first-order valence-electron chi connectivity index (χ1n) is 7.18. The Hall–Kier alpha value is -1.82. The average Bonchev–Trinajstić information content (AvgIpc) is 2.59. The van der Waals surface area contributed by atoms with Crippen LogP contribution in [-0.4, -0.2) is 37.2 Å². The van der Waals surface area contributed by atoms with Crippen LogP contribution in [-0.2, 0) is 4.74 Å². The predicted molar refractivity (Wildman–Crippen MR) is 91.7 cm³/mol. The quantitative estimate of drug-likeness (QED) is 0.919. The third-order valence-electron chi connectivity index (χ3n) is 3.53. The summed E-state index contributed by atoms with van der Waals surface area (Å²) in [4.78, 5) is 18.7. The van der Waals surface area contributed by atoms with Gasteiger partial charge in [0.25, 0.3) is 5.91 Å². The summed E-state index contributed by atoms with van der Waals surface area (Å²) >= 11 is 12.0. The van der Waals surface area contributed by atoms with Crippen molar-refractivity contribution in [2.24, 2.45) is 0 Å². The second-order valence-electron chi connectivity index (χ2n) is 5.08. The number of amides is 1. The Morgan fingerprint density at radius 3 is 2.74 bits per heavy atom. The van der Waals surface area contributed by atoms with Crippen LogP contribution >= 0.6 is 23.2 Å². The molecule has 7 heteroatoms. The molecule has 1 aromatic carbocycles. The topological polar surface area (TPSA) is 54.5 Å². The van der Waals surface area contributed by atoms with E-state index < -0.39 is 0 Å². The van der Waals surface area contributed by atoms with E-state index in [-0.39, 0.29) is 5.91 Å². The van der Waals surface area contributed by atoms with Crippen molar-refractivity contribution in [1.29, 1.82) is 0 Å². The molecule has 2 aromatic rings. The highest BCUT2D eigenvalue weighted by Gasteiger charge is 2.15. The molecule has 1 aromatic heterocycles. The van der Waals surface area contributed by atoms with E-state index in [0.29, 0.717) is 34.6 Å². The van der Waals surface area contributed by atoms with Crippen molar-refractivity contribution in [3.63, 3.8) is 0 Å². The van der Waals surface area contributed by atoms with Crippen LogP contribution in [0.5, 0.6) is 0 Å². The van der Waals surface area contributed by atoms with E-state index in [4.69, 9.17) is 27.9 Å². The molecule has 0 atom stereocenters. The van der Waals surface area contributed by atoms with Crippen LogP contribution < -0.4 is 10.2 Å². The van der Waals surface area contributed by atoms with E-state index in [1.807, 2.05) is 6.07 Å². The molecule has 3 rings (SSSR count). The van der Waals surface area contributed by atoms with Gasteiger partial charge in [0.2, 0.25) is 0 Å². The molecule has 1 aliphatic heterocycles. The van der Waals surface area contributed by atoms with Gasteiger partial charge in [-0.2, -0.15) is 0 Å². The molecule has 1 amide bonds. The van der Waals surface area contributed by atoms with Gasteiger partial charge in [-0.1, -0.05) is 23.2 Å². The van der Waals surface area contributed by atoms with Gasteiger partial charge in [-0.3, -0.25) is 9.78 Å². The molecule has 1 N–H and O–H groups in total. The lowest BCUT2D eigenvalue weighted by Crippen LogP contribution is -2.36. The van der Waals surface area contributed by atoms with Crippen molar-refractivity contribution in [3.8, 4) is 0 Å². The number of carbonyl (C=O) groups excluding carboxylic acids is 1. The summed E-state index contributed by atoms with van der Waals surface area (Å²) in [7, 11) is 0. The number of hydrogen-bond donors (Lipinski definition) is 1. The molecular weight excluding hydrogens is 337 g/mol. The zero-order valence-corrected chi connectivity index (χ0v) is 13.8. The van der Waals surface area contributed by atoms with Crippen LogP contribution in [0, 0.1) is 0 Å². The SMILES string of the molecule is O=C(Nc1cc(Cl)ccc1Cl)c1cc(N2CCOCC2)ccn1. The highest BCUT2D eigenvalue weighted by molar-refractivity contribution is 6.35. The highest BCUT2D eigenvalue weighted by atomic mass is 35.5. The number of benzene rings is 1. The maximum Gasteiger partial charge on any atom is 0.274 e. The van der Waals surface area contributed by atoms with Crippen LogP contribution in [0.4, 0.5) is 11.4 Å². The van der Waals surface area contributed by atoms with Crippen molar-refractivity contribution in [2.75, 3.05) is 36.5 Å². The minimum absolute atomic E-state index is 0.324. The summed E-state index contributed by atoms with van der Waals surface area (Å²) in [5.74, 6) is -0.329. The third kappa shape index (κ3) is 3.93. The minimum atomic E-state index is -0.329. The number of carbonyl (C=O) groups is 1. The Balaban J connectivity index is 1.78. The normalized spacial score (nSPS) is 14.6. The van der Waals surface area contributed by atoms with Gasteiger partial charge in [0.1, 0.15) is 5.69 Å². The number of halogens is 2. The van der Waals surface area contributed by atoms with Crippen LogP contribution in [0.1, 0.15) is 10.5 Å². The molecule has 0 unspecified atom stereocenters. The molecule has 1 aliphatic rings. The van der Waals surface area contributed by atoms with Crippen molar-refractivity contribution in [2.45, 2.75) is 0 Å². The average molecular weight is 352 g/mol. The number of morpholine rings is 1. The molecule has 120 valence electrons. The number of nitrogens with zero attached hydrogens (tertiary/aromatic N) is 2. The zero-order valence-electron chi connectivity index (χ0n) is 12.3. The number of anilines is 2. The monoisotopic (exact) mass is 351 g/mol. The van der Waals surface area contributed by atoms with E-state index >= 15 is 0 Å². The molecule has 0 spiro atoms. The Bertz CT molecular complexity index is 718. The lowest BCUT2D eigenvalue weighted by atomic mass is 10.2. The standard InChI is InChI=1S/C16H15Cl2N3O2/c17-11-1-2-13(18)14(9-11)20-16(22)15-10-12(3-4-19-15)21-5-7-23-8-6-21/h1-4,9-10H,5-8H2,(H,20,22). The van der Waals surface area contributed by atoms with Gasteiger partial charge in [0.15, 0.2) is 0 Å². The second-order valence-corrected chi connectivity index (χ2v) is 5.92. The molecule has 0 bridgehead atoms. The second kappa shape index (κ2) is 7.17. The summed E-state index contributed by atoms with van der Waals surface area (Å²) in [6.07, 6.45) is 1.62. The van der Waals surface area contributed by atoms with Gasteiger partial charge in [-0.05, 0) is 30.3 Å². The molecule has 0 aliphatic carbocycles. The molecular formula is C16H15Cl2N3O2. The summed E-state index contributed by atoms with van der Waals surface area (Å²) in [5.41, 5.74) is 1.73. The zero-order chi connectivity index (χ0) is 16.2. The lowest BCUT2D eigenvalue weighted by Gasteiger charge is -2.28. The molecule has 1 fully saturated rings. The first kappa shape index (κ1) is 16.1. The van der Waals surface area contributed by atoms with Gasteiger partial charge >= 0.3 is 0 Å². The van der Waals surface area contributed by atoms with Crippen LogP contribution in [0.25, 0.3) is 0 Å². The smallest absolute Gasteiger partial charge is 0.274 e. The number of hydrogen-bond acceptors (Lipinski definition) is 4. The summed E-state index contributed by atoms with van der Waals surface area (Å²) in [6.45, 7) is 2.96. The molecule has 5 nitrogen and oxygen atoms in total. The number of ether oxygens (including phenoxy) is 1. The molecule has 1 saturated heterocycles. The largest absolute Gasteiger partial charge is 0.378 e. The van der Waals surface area contributed by atoms with Crippen LogP contribution in [0.2, 0.25) is 10.0 Å². The van der Waals surface area contributed by atoms with Gasteiger partial charge in [-0.25, -0.2) is 0 Å². The number of pyridine rings is 1. The summed E-state index contributed by atoms with van der Waals surface area (Å²) in [6, 6.07) is 8.55. The van der Waals surface area contributed by atoms with Crippen molar-refractivity contribution < 1.29 is 9.53 Å². The lowest BCUT2D eigenvalue weighted by molar-refractivity contribution is 0.102. The van der Waals surface area contributed by atoms with Gasteiger partial charge in [-0.15, -0.1) is 0 Å². The van der Waals surface area contributed by atoms with E-state index in [1.54, 1.807) is 30.5 Å². The number of nitrogens with one attached hydrogen (secondary N) is 1. The van der Waals surface area contributed by atoms with E-state index in [2.05, 4.69) is 15.2 Å². The molecule has 2 heterocycles. The number of aromatic nitrogens is 1. The maximum atomic E-state index is 12.4. The Morgan fingerprint density at radius 1 is 1.17 bits per heavy atom. The first-order valence-corrected chi connectivity index (χ1v) is 7.94. The van der Waals surface area contributed by atoms with E-state index in [1.165, 1.54) is 0 Å². The van der Waals surface area contributed by atoms with E-state index in [0.717, 1.165) is 18.8 Å². The fraction of sp³-hybridized carbons (Fsp3) is 0.250. The summed E-state index contributed by atoms with van der Waals surface area (Å²) in [5, 5.41) is 3.66. The van der Waals surface area contributed by atoms with Gasteiger partial charge < -0.3 is 15.0 Å². The van der Waals surface area contributed by atoms with Crippen molar-refractivity contribution >= 4 is 40.5 Å². The van der Waals surface area contributed by atoms with Gasteiger partial charge in [0, 0.05) is 30.0 Å². The predicted octanol–water partition coefficient (Wildman–Crippen LogP) is 3.48. The Labute approximate surface area is 144 Å². The third-order valence-corrected chi connectivity index (χ3v) is 4.09. The van der Waals surface area contributed by atoms with Crippen molar-refractivity contribution in [3.05, 3.63) is 52.3 Å². The fourth-order valence-electron chi connectivity index (χ4n) is 2.34. The first-order chi connectivity index (χ1) is 11.1. The Morgan fingerprint density at radius 2 is 1.96 bits per heavy atom. The summed E-state index contributed by atoms with van der Waals surface area (Å²) < 4.78 is 5.34. The minimum Gasteiger partial charge on any atom is -0.378 e. The fourth-order valence-corrected chi connectivity index (χ4v) is 2.68. The van der Waals surface area contributed by atoms with Gasteiger partial charge in [0.05, 0.1) is 23.9 Å². The van der Waals surface area contributed by atoms with Crippen LogP contribution in [0.15, 0.2) is 36.5 Å². The highest BCUT2D eigenvalue weighted by Crippen LogP contribution is 2.26. The molecule has 0 radical (unpaired) electrons. The van der Waals surface area contributed by atoms with E-state index in [9.17, 15) is 4.79 Å².